The fourth-order valence-electron chi connectivity index (χ4n) is 3.59. The zero-order valence-electron chi connectivity index (χ0n) is 21.1. The number of β-lactam (4-membered cyclic amide) rings is 1. The Kier molecular flexibility index (Phi) is 9.99. The van der Waals surface area contributed by atoms with Crippen LogP contribution in [0.4, 0.5) is 4.79 Å². The average Bonchev–Trinajstić information content (AvgIpc) is 3.27. The van der Waals surface area contributed by atoms with Crippen LogP contribution >= 0.6 is 23.5 Å². The molecule has 1 amide bonds. The van der Waals surface area contributed by atoms with Gasteiger partial charge in [-0.25, -0.2) is 14.3 Å². The molecule has 0 aromatic carbocycles. The third kappa shape index (κ3) is 6.89. The van der Waals surface area contributed by atoms with Crippen molar-refractivity contribution in [3.8, 4) is 0 Å². The second-order valence-electron chi connectivity index (χ2n) is 8.72. The van der Waals surface area contributed by atoms with E-state index < -0.39 is 24.5 Å². The minimum absolute atomic E-state index is 0.119. The number of esters is 1. The number of hydrogen-bond donors (Lipinski definition) is 1. The number of tetrazole rings is 1. The van der Waals surface area contributed by atoms with E-state index in [-0.39, 0.29) is 23.1 Å². The standard InChI is InChI=1S/C21H33N7O6S2/c1-6-7-12(2)32-21(31)34-13(3)33-19(30)16-14(10-35-18-15(22)17(29)28(16)18)11-36-20-23-24-25-27(20)9-8-26(4)5/h12-13,15,18H,6-11,22H2,1-5H3/t12?,13?,15-,18+/m1/s1. The van der Waals surface area contributed by atoms with Gasteiger partial charge in [-0.1, -0.05) is 25.1 Å². The SMILES string of the molecule is CCCC(C)OC(=O)OC(C)OC(=O)C1=C(CSc2nnnn2CCN(C)C)CS[C@H]2[C@H](N)C(=O)N12. The first-order valence-corrected chi connectivity index (χ1v) is 13.7. The van der Waals surface area contributed by atoms with Gasteiger partial charge in [0.1, 0.15) is 23.2 Å². The predicted molar refractivity (Wildman–Crippen MR) is 133 cm³/mol. The fraction of sp³-hybridized carbons (Fsp3) is 0.714. The van der Waals surface area contributed by atoms with Gasteiger partial charge in [0.25, 0.3) is 0 Å². The van der Waals surface area contributed by atoms with Gasteiger partial charge in [-0.05, 0) is 43.4 Å². The van der Waals surface area contributed by atoms with Gasteiger partial charge >= 0.3 is 12.1 Å². The maximum absolute atomic E-state index is 13.2. The first-order valence-electron chi connectivity index (χ1n) is 11.7. The maximum Gasteiger partial charge on any atom is 0.511 e. The van der Waals surface area contributed by atoms with E-state index in [1.165, 1.54) is 35.3 Å². The van der Waals surface area contributed by atoms with Crippen molar-refractivity contribution in [2.24, 2.45) is 5.73 Å². The number of carbonyl (C=O) groups excluding carboxylic acids is 3. The van der Waals surface area contributed by atoms with Crippen LogP contribution < -0.4 is 5.73 Å². The van der Waals surface area contributed by atoms with Crippen LogP contribution in [0.5, 0.6) is 0 Å². The highest BCUT2D eigenvalue weighted by atomic mass is 32.2. The second kappa shape index (κ2) is 12.7. The Balaban J connectivity index is 1.70. The van der Waals surface area contributed by atoms with Gasteiger partial charge in [0.2, 0.25) is 17.4 Å². The topological polar surface area (TPSA) is 155 Å². The van der Waals surface area contributed by atoms with Gasteiger partial charge in [0.05, 0.1) is 6.54 Å². The number of nitrogens with zero attached hydrogens (tertiary/aromatic N) is 6. The van der Waals surface area contributed by atoms with Gasteiger partial charge in [-0.3, -0.25) is 9.69 Å². The Hall–Kier alpha value is -2.36. The van der Waals surface area contributed by atoms with E-state index in [2.05, 4.69) is 15.5 Å². The average molecular weight is 544 g/mol. The van der Waals surface area contributed by atoms with Crippen molar-refractivity contribution in [2.45, 2.75) is 69.1 Å². The van der Waals surface area contributed by atoms with Crippen molar-refractivity contribution in [1.82, 2.24) is 30.0 Å². The maximum atomic E-state index is 13.2. The van der Waals surface area contributed by atoms with Crippen molar-refractivity contribution in [2.75, 3.05) is 32.1 Å². The van der Waals surface area contributed by atoms with E-state index in [1.807, 2.05) is 25.9 Å². The Labute approximate surface area is 218 Å². The number of fused-ring (bicyclic) bond motifs is 1. The molecule has 2 aliphatic heterocycles. The molecule has 1 fully saturated rings. The molecule has 0 aliphatic carbocycles. The number of likely N-dealkylation sites (N-methyl/N-ethyl adjacent to an activating group) is 1. The summed E-state index contributed by atoms with van der Waals surface area (Å²) in [6.45, 7) is 6.51. The lowest BCUT2D eigenvalue weighted by atomic mass is 10.0. The molecule has 3 heterocycles. The molecule has 2 N–H and O–H groups in total. The number of rotatable bonds is 12. The molecule has 4 atom stereocenters. The molecule has 0 saturated carbocycles. The van der Waals surface area contributed by atoms with Gasteiger partial charge in [-0.15, -0.1) is 16.9 Å². The third-order valence-electron chi connectivity index (χ3n) is 5.44. The lowest BCUT2D eigenvalue weighted by Gasteiger charge is -2.48. The lowest BCUT2D eigenvalue weighted by Crippen LogP contribution is -2.68. The number of ether oxygens (including phenoxy) is 3. The molecule has 1 aromatic heterocycles. The van der Waals surface area contributed by atoms with E-state index in [4.69, 9.17) is 19.9 Å². The number of hydrogen-bond acceptors (Lipinski definition) is 13. The summed E-state index contributed by atoms with van der Waals surface area (Å²) in [4.78, 5) is 41.1. The Morgan fingerprint density at radius 1 is 1.28 bits per heavy atom. The number of amides is 1. The third-order valence-corrected chi connectivity index (χ3v) is 7.85. The van der Waals surface area contributed by atoms with Crippen LogP contribution in [-0.2, 0) is 30.3 Å². The molecular formula is C21H33N7O6S2. The van der Waals surface area contributed by atoms with Gasteiger partial charge in [0.15, 0.2) is 0 Å². The molecule has 36 heavy (non-hydrogen) atoms. The summed E-state index contributed by atoms with van der Waals surface area (Å²) in [5, 5.41) is 12.1. The Morgan fingerprint density at radius 2 is 2.03 bits per heavy atom. The van der Waals surface area contributed by atoms with Crippen molar-refractivity contribution in [1.29, 1.82) is 0 Å². The largest absolute Gasteiger partial charge is 0.511 e. The molecule has 0 spiro atoms. The smallest absolute Gasteiger partial charge is 0.431 e. The number of carbonyl (C=O) groups is 3. The number of aromatic nitrogens is 4. The molecule has 2 aliphatic rings. The van der Waals surface area contributed by atoms with E-state index in [1.54, 1.807) is 11.6 Å². The monoisotopic (exact) mass is 543 g/mol. The van der Waals surface area contributed by atoms with E-state index >= 15 is 0 Å². The van der Waals surface area contributed by atoms with E-state index in [9.17, 15) is 14.4 Å². The van der Waals surface area contributed by atoms with Crippen LogP contribution in [0.2, 0.25) is 0 Å². The highest BCUT2D eigenvalue weighted by molar-refractivity contribution is 8.01. The molecule has 2 unspecified atom stereocenters. The quantitative estimate of drug-likeness (QED) is 0.173. The summed E-state index contributed by atoms with van der Waals surface area (Å²) in [7, 11) is 3.92. The molecule has 13 nitrogen and oxygen atoms in total. The lowest BCUT2D eigenvalue weighted by molar-refractivity contribution is -0.169. The van der Waals surface area contributed by atoms with Crippen molar-refractivity contribution in [3.63, 3.8) is 0 Å². The van der Waals surface area contributed by atoms with Crippen LogP contribution in [0.1, 0.15) is 33.6 Å². The molecule has 0 bridgehead atoms. The van der Waals surface area contributed by atoms with Crippen LogP contribution in [0.3, 0.4) is 0 Å². The first-order chi connectivity index (χ1) is 17.1. The summed E-state index contributed by atoms with van der Waals surface area (Å²) in [6, 6.07) is -0.686. The van der Waals surface area contributed by atoms with Crippen LogP contribution in [0.15, 0.2) is 16.4 Å². The van der Waals surface area contributed by atoms with E-state index in [0.29, 0.717) is 35.2 Å². The fourth-order valence-corrected chi connectivity index (χ4v) is 5.92. The van der Waals surface area contributed by atoms with E-state index in [0.717, 1.165) is 13.0 Å². The van der Waals surface area contributed by atoms with Crippen LogP contribution in [0.25, 0.3) is 0 Å². The van der Waals surface area contributed by atoms with Crippen molar-refractivity contribution < 1.29 is 28.6 Å². The zero-order valence-corrected chi connectivity index (χ0v) is 22.7. The summed E-state index contributed by atoms with van der Waals surface area (Å²) in [5.74, 6) is -0.300. The minimum atomic E-state index is -1.21. The van der Waals surface area contributed by atoms with Crippen molar-refractivity contribution in [3.05, 3.63) is 11.3 Å². The molecule has 1 saturated heterocycles. The Morgan fingerprint density at radius 3 is 2.72 bits per heavy atom. The van der Waals surface area contributed by atoms with Crippen LogP contribution in [0, 0.1) is 0 Å². The predicted octanol–water partition coefficient (Wildman–Crippen LogP) is 1.05. The minimum Gasteiger partial charge on any atom is -0.431 e. The molecule has 15 heteroatoms. The second-order valence-corrected chi connectivity index (χ2v) is 10.8. The molecular weight excluding hydrogens is 510 g/mol. The summed E-state index contributed by atoms with van der Waals surface area (Å²) in [6.07, 6.45) is -0.920. The zero-order chi connectivity index (χ0) is 26.4. The molecule has 200 valence electrons. The highest BCUT2D eigenvalue weighted by Crippen LogP contribution is 2.41. The summed E-state index contributed by atoms with van der Waals surface area (Å²) < 4.78 is 17.3. The van der Waals surface area contributed by atoms with Crippen molar-refractivity contribution >= 4 is 41.6 Å². The summed E-state index contributed by atoms with van der Waals surface area (Å²) in [5.41, 5.74) is 6.74. The van der Waals surface area contributed by atoms with Gasteiger partial charge in [0, 0.05) is 25.0 Å². The Bertz CT molecular complexity index is 988. The summed E-state index contributed by atoms with van der Waals surface area (Å²) >= 11 is 2.84. The first kappa shape index (κ1) is 28.2. The molecule has 1 aromatic rings. The normalized spacial score (nSPS) is 21.1. The number of thioether (sulfide) groups is 2. The van der Waals surface area contributed by atoms with Gasteiger partial charge < -0.3 is 24.8 Å². The highest BCUT2D eigenvalue weighted by Gasteiger charge is 2.52. The van der Waals surface area contributed by atoms with Crippen LogP contribution in [-0.4, -0.2) is 104 Å². The molecule has 3 rings (SSSR count). The number of nitrogens with two attached hydrogens (primary N) is 1. The van der Waals surface area contributed by atoms with Gasteiger partial charge in [-0.2, -0.15) is 0 Å². The molecule has 0 radical (unpaired) electrons.